The molecule has 132 valence electrons. The summed E-state index contributed by atoms with van der Waals surface area (Å²) in [6, 6.07) is 0. The van der Waals surface area contributed by atoms with Crippen molar-refractivity contribution >= 4 is 29.9 Å². The highest BCUT2D eigenvalue weighted by atomic mass is 127. The maximum atomic E-state index is 5.67. The fourth-order valence-corrected chi connectivity index (χ4v) is 2.38. The molecule has 23 heavy (non-hydrogen) atoms. The van der Waals surface area contributed by atoms with Gasteiger partial charge in [-0.2, -0.15) is 0 Å². The lowest BCUT2D eigenvalue weighted by Crippen LogP contribution is -2.41. The summed E-state index contributed by atoms with van der Waals surface area (Å²) in [6.45, 7) is 7.24. The predicted octanol–water partition coefficient (Wildman–Crippen LogP) is 2.39. The Hall–Kier alpha value is -0.830. The topological polar surface area (TPSA) is 62.9 Å². The maximum Gasteiger partial charge on any atom is 0.193 e. The number of likely N-dealkylation sites (N-methyl/N-ethyl adjacent to an activating group) is 1. The molecule has 1 heterocycles. The van der Waals surface area contributed by atoms with Crippen LogP contribution < -0.4 is 5.32 Å². The van der Waals surface area contributed by atoms with Gasteiger partial charge in [-0.15, -0.1) is 24.0 Å². The van der Waals surface area contributed by atoms with Crippen LogP contribution in [0.4, 0.5) is 0 Å². The molecule has 0 amide bonds. The van der Waals surface area contributed by atoms with E-state index in [-0.39, 0.29) is 24.0 Å². The first-order chi connectivity index (χ1) is 10.6. The molecule has 1 fully saturated rings. The second-order valence-electron chi connectivity index (χ2n) is 5.97. The van der Waals surface area contributed by atoms with Crippen LogP contribution in [0.5, 0.6) is 0 Å². The first-order valence-electron chi connectivity index (χ1n) is 8.03. The lowest BCUT2D eigenvalue weighted by atomic mass is 10.1. The molecule has 0 unspecified atom stereocenters. The van der Waals surface area contributed by atoms with Crippen LogP contribution >= 0.6 is 24.0 Å². The fraction of sp³-hybridized carbons (Fsp3) is 0.750. The van der Waals surface area contributed by atoms with Gasteiger partial charge in [0.2, 0.25) is 0 Å². The molecule has 0 spiro atoms. The van der Waals surface area contributed by atoms with Crippen molar-refractivity contribution < 1.29 is 9.26 Å². The molecule has 0 radical (unpaired) electrons. The molecule has 1 aromatic rings. The third kappa shape index (κ3) is 6.66. The second kappa shape index (κ2) is 10.1. The van der Waals surface area contributed by atoms with Gasteiger partial charge in [-0.3, -0.25) is 4.99 Å². The number of halogens is 1. The summed E-state index contributed by atoms with van der Waals surface area (Å²) in [5.41, 5.74) is 2.15. The number of guanidine groups is 1. The molecular formula is C16H29IN4O2. The SMILES string of the molecule is CN=C(NCCc1c(C)noc1C)N(C)CCOCC1CC1.I. The first kappa shape index (κ1) is 20.2. The molecule has 0 saturated heterocycles. The zero-order valence-electron chi connectivity index (χ0n) is 14.6. The predicted molar refractivity (Wildman–Crippen MR) is 103 cm³/mol. The fourth-order valence-electron chi connectivity index (χ4n) is 2.38. The third-order valence-corrected chi connectivity index (χ3v) is 4.03. The van der Waals surface area contributed by atoms with Crippen molar-refractivity contribution in [1.29, 1.82) is 0 Å². The average Bonchev–Trinajstić information content (AvgIpc) is 3.28. The number of rotatable bonds is 8. The summed E-state index contributed by atoms with van der Waals surface area (Å²) in [5.74, 6) is 2.61. The van der Waals surface area contributed by atoms with Crippen molar-refractivity contribution in [3.05, 3.63) is 17.0 Å². The number of nitrogens with zero attached hydrogens (tertiary/aromatic N) is 3. The van der Waals surface area contributed by atoms with Crippen LogP contribution in [0.2, 0.25) is 0 Å². The maximum absolute atomic E-state index is 5.67. The Labute approximate surface area is 156 Å². The standard InChI is InChI=1S/C16H28N4O2.HI/c1-12-15(13(2)22-19-12)7-8-18-16(17-3)20(4)9-10-21-11-14-5-6-14;/h14H,5-11H2,1-4H3,(H,17,18);1H. The van der Waals surface area contributed by atoms with Gasteiger partial charge in [0.25, 0.3) is 0 Å². The number of nitrogens with one attached hydrogen (secondary N) is 1. The molecule has 0 atom stereocenters. The number of aromatic nitrogens is 1. The van der Waals surface area contributed by atoms with Crippen LogP contribution in [-0.4, -0.2) is 56.4 Å². The molecule has 0 aliphatic heterocycles. The smallest absolute Gasteiger partial charge is 0.193 e. The normalized spacial score (nSPS) is 14.5. The van der Waals surface area contributed by atoms with Crippen LogP contribution in [0.3, 0.4) is 0 Å². The van der Waals surface area contributed by atoms with Crippen LogP contribution in [0.15, 0.2) is 9.52 Å². The Balaban J connectivity index is 0.00000264. The van der Waals surface area contributed by atoms with E-state index in [1.807, 2.05) is 20.9 Å². The average molecular weight is 436 g/mol. The summed E-state index contributed by atoms with van der Waals surface area (Å²) < 4.78 is 10.9. The van der Waals surface area contributed by atoms with Gasteiger partial charge in [-0.05, 0) is 39.0 Å². The van der Waals surface area contributed by atoms with Crippen molar-refractivity contribution in [3.8, 4) is 0 Å². The minimum Gasteiger partial charge on any atom is -0.379 e. The summed E-state index contributed by atoms with van der Waals surface area (Å²) in [7, 11) is 3.84. The van der Waals surface area contributed by atoms with Crippen molar-refractivity contribution in [3.63, 3.8) is 0 Å². The van der Waals surface area contributed by atoms with Gasteiger partial charge in [0.15, 0.2) is 5.96 Å². The molecular weight excluding hydrogens is 407 g/mol. The largest absolute Gasteiger partial charge is 0.379 e. The van der Waals surface area contributed by atoms with E-state index in [0.717, 1.165) is 56.1 Å². The van der Waals surface area contributed by atoms with Gasteiger partial charge in [0, 0.05) is 39.4 Å². The molecule has 1 N–H and O–H groups in total. The van der Waals surface area contributed by atoms with Gasteiger partial charge in [-0.1, -0.05) is 5.16 Å². The molecule has 1 saturated carbocycles. The minimum atomic E-state index is 0. The van der Waals surface area contributed by atoms with Crippen LogP contribution in [0, 0.1) is 19.8 Å². The molecule has 1 aromatic heterocycles. The highest BCUT2D eigenvalue weighted by Gasteiger charge is 2.21. The Morgan fingerprint density at radius 3 is 2.74 bits per heavy atom. The Bertz CT molecular complexity index is 481. The quantitative estimate of drug-likeness (QED) is 0.294. The Morgan fingerprint density at radius 2 is 2.17 bits per heavy atom. The van der Waals surface area contributed by atoms with Crippen molar-refractivity contribution in [2.24, 2.45) is 10.9 Å². The van der Waals surface area contributed by atoms with E-state index < -0.39 is 0 Å². The minimum absolute atomic E-state index is 0. The van der Waals surface area contributed by atoms with Gasteiger partial charge in [0.05, 0.1) is 12.3 Å². The lowest BCUT2D eigenvalue weighted by molar-refractivity contribution is 0.115. The first-order valence-corrected chi connectivity index (χ1v) is 8.03. The molecule has 7 heteroatoms. The highest BCUT2D eigenvalue weighted by molar-refractivity contribution is 14.0. The van der Waals surface area contributed by atoms with E-state index in [2.05, 4.69) is 20.4 Å². The monoisotopic (exact) mass is 436 g/mol. The summed E-state index contributed by atoms with van der Waals surface area (Å²) in [6.07, 6.45) is 3.55. The Kier molecular flexibility index (Phi) is 8.90. The lowest BCUT2D eigenvalue weighted by Gasteiger charge is -2.22. The van der Waals surface area contributed by atoms with Gasteiger partial charge >= 0.3 is 0 Å². The summed E-state index contributed by atoms with van der Waals surface area (Å²) in [5, 5.41) is 7.35. The van der Waals surface area contributed by atoms with E-state index in [1.54, 1.807) is 7.05 Å². The Morgan fingerprint density at radius 1 is 1.43 bits per heavy atom. The van der Waals surface area contributed by atoms with Gasteiger partial charge in [-0.25, -0.2) is 0 Å². The van der Waals surface area contributed by atoms with E-state index in [4.69, 9.17) is 9.26 Å². The third-order valence-electron chi connectivity index (χ3n) is 4.03. The van der Waals surface area contributed by atoms with E-state index >= 15 is 0 Å². The zero-order chi connectivity index (χ0) is 15.9. The van der Waals surface area contributed by atoms with Crippen molar-refractivity contribution in [2.75, 3.05) is 40.4 Å². The number of aryl methyl sites for hydroxylation is 2. The molecule has 2 rings (SSSR count). The van der Waals surface area contributed by atoms with E-state index in [1.165, 1.54) is 18.4 Å². The molecule has 0 aromatic carbocycles. The molecule has 0 bridgehead atoms. The number of hydrogen-bond donors (Lipinski definition) is 1. The number of aliphatic imine (C=N–C) groups is 1. The second-order valence-corrected chi connectivity index (χ2v) is 5.97. The zero-order valence-corrected chi connectivity index (χ0v) is 16.9. The van der Waals surface area contributed by atoms with E-state index in [0.29, 0.717) is 0 Å². The van der Waals surface area contributed by atoms with Crippen LogP contribution in [0.1, 0.15) is 29.9 Å². The van der Waals surface area contributed by atoms with E-state index in [9.17, 15) is 0 Å². The highest BCUT2D eigenvalue weighted by Crippen LogP contribution is 2.28. The number of ether oxygens (including phenoxy) is 1. The van der Waals surface area contributed by atoms with Crippen LogP contribution in [0.25, 0.3) is 0 Å². The van der Waals surface area contributed by atoms with Gasteiger partial charge < -0.3 is 19.5 Å². The number of hydrogen-bond acceptors (Lipinski definition) is 4. The van der Waals surface area contributed by atoms with Gasteiger partial charge in [0.1, 0.15) is 5.76 Å². The van der Waals surface area contributed by atoms with Crippen molar-refractivity contribution in [1.82, 2.24) is 15.4 Å². The molecule has 1 aliphatic rings. The molecule has 6 nitrogen and oxygen atoms in total. The summed E-state index contributed by atoms with van der Waals surface area (Å²) >= 11 is 0. The molecule has 1 aliphatic carbocycles. The summed E-state index contributed by atoms with van der Waals surface area (Å²) in [4.78, 5) is 6.41. The van der Waals surface area contributed by atoms with Crippen LogP contribution in [-0.2, 0) is 11.2 Å². The van der Waals surface area contributed by atoms with Crippen molar-refractivity contribution in [2.45, 2.75) is 33.1 Å².